The lowest BCUT2D eigenvalue weighted by Gasteiger charge is -2.34. The minimum atomic E-state index is -0.940. The molecule has 1 amide bonds. The van der Waals surface area contributed by atoms with Crippen LogP contribution in [-0.4, -0.2) is 45.9 Å². The molecule has 0 aliphatic carbocycles. The number of carbonyl (C=O) groups excluding carboxylic acids is 1. The van der Waals surface area contributed by atoms with Crippen LogP contribution in [0.3, 0.4) is 0 Å². The van der Waals surface area contributed by atoms with E-state index in [1.54, 1.807) is 0 Å². The van der Waals surface area contributed by atoms with Gasteiger partial charge in [-0.3, -0.25) is 4.79 Å². The number of nitrogens with one attached hydrogen (secondary N) is 2. The number of hydrogen-bond acceptors (Lipinski definition) is 5. The number of piperidine rings is 1. The number of hydrogen-bond donors (Lipinski definition) is 2. The van der Waals surface area contributed by atoms with Crippen molar-refractivity contribution in [2.24, 2.45) is 0 Å². The first-order valence-electron chi connectivity index (χ1n) is 7.05. The highest BCUT2D eigenvalue weighted by Crippen LogP contribution is 2.33. The Labute approximate surface area is 128 Å². The summed E-state index contributed by atoms with van der Waals surface area (Å²) in [6, 6.07) is 2.58. The van der Waals surface area contributed by atoms with E-state index in [0.717, 1.165) is 0 Å². The molecule has 1 saturated heterocycles. The summed E-state index contributed by atoms with van der Waals surface area (Å²) in [5.74, 6) is -0.342. The molecule has 1 aliphatic heterocycles. The molecule has 1 heterocycles. The summed E-state index contributed by atoms with van der Waals surface area (Å²) in [6.07, 6.45) is 1.06. The molecule has 1 fully saturated rings. The van der Waals surface area contributed by atoms with Gasteiger partial charge in [-0.1, -0.05) is 0 Å². The van der Waals surface area contributed by atoms with Crippen LogP contribution in [0.5, 0.6) is 11.5 Å². The molecule has 0 aromatic heterocycles. The van der Waals surface area contributed by atoms with Crippen LogP contribution in [-0.2, 0) is 9.53 Å². The first-order chi connectivity index (χ1) is 10.6. The maximum atomic E-state index is 14.1. The zero-order valence-electron chi connectivity index (χ0n) is 13.0. The fourth-order valence-electron chi connectivity index (χ4n) is 2.54. The van der Waals surface area contributed by atoms with E-state index in [2.05, 4.69) is 10.6 Å². The second-order valence-corrected chi connectivity index (χ2v) is 5.09. The van der Waals surface area contributed by atoms with Gasteiger partial charge in [0, 0.05) is 19.2 Å². The molecule has 2 N–H and O–H groups in total. The van der Waals surface area contributed by atoms with Gasteiger partial charge < -0.3 is 24.8 Å². The third-order valence-corrected chi connectivity index (χ3v) is 3.94. The van der Waals surface area contributed by atoms with E-state index in [1.165, 1.54) is 33.5 Å². The standard InChI is InChI=1S/C15H21FN2O4/c1-20-12-8-10(16)11(9-13(12)21-2)18-14(19)15(22-3)4-6-17-7-5-15/h8-9,17H,4-7H2,1-3H3,(H,18,19). The van der Waals surface area contributed by atoms with Crippen LogP contribution >= 0.6 is 0 Å². The number of amides is 1. The molecule has 0 spiro atoms. The Kier molecular flexibility index (Phi) is 5.20. The van der Waals surface area contributed by atoms with Gasteiger partial charge in [0.25, 0.3) is 5.91 Å². The van der Waals surface area contributed by atoms with Gasteiger partial charge in [-0.05, 0) is 25.9 Å². The third kappa shape index (κ3) is 3.15. The number of halogens is 1. The van der Waals surface area contributed by atoms with Crippen LogP contribution in [0.15, 0.2) is 12.1 Å². The third-order valence-electron chi connectivity index (χ3n) is 3.94. The number of carbonyl (C=O) groups is 1. The van der Waals surface area contributed by atoms with Crippen molar-refractivity contribution in [2.75, 3.05) is 39.7 Å². The van der Waals surface area contributed by atoms with E-state index in [0.29, 0.717) is 31.7 Å². The summed E-state index contributed by atoms with van der Waals surface area (Å²) < 4.78 is 29.7. The molecule has 0 saturated carbocycles. The molecule has 7 heteroatoms. The van der Waals surface area contributed by atoms with E-state index in [4.69, 9.17) is 14.2 Å². The maximum absolute atomic E-state index is 14.1. The average molecular weight is 312 g/mol. The zero-order valence-corrected chi connectivity index (χ0v) is 13.0. The van der Waals surface area contributed by atoms with Crippen LogP contribution < -0.4 is 20.1 Å². The summed E-state index contributed by atoms with van der Waals surface area (Å²) in [6.45, 7) is 1.35. The van der Waals surface area contributed by atoms with E-state index < -0.39 is 11.4 Å². The van der Waals surface area contributed by atoms with Crippen LogP contribution in [0.25, 0.3) is 0 Å². The summed E-state index contributed by atoms with van der Waals surface area (Å²) in [5.41, 5.74) is -0.900. The number of rotatable bonds is 5. The monoisotopic (exact) mass is 312 g/mol. The highest BCUT2D eigenvalue weighted by molar-refractivity contribution is 5.97. The Bertz CT molecular complexity index is 545. The number of benzene rings is 1. The van der Waals surface area contributed by atoms with Crippen LogP contribution in [0.1, 0.15) is 12.8 Å². The van der Waals surface area contributed by atoms with Crippen LogP contribution in [0.4, 0.5) is 10.1 Å². The first kappa shape index (κ1) is 16.5. The fraction of sp³-hybridized carbons (Fsp3) is 0.533. The summed E-state index contributed by atoms with van der Waals surface area (Å²) >= 11 is 0. The van der Waals surface area contributed by atoms with Crippen molar-refractivity contribution in [3.05, 3.63) is 17.9 Å². The maximum Gasteiger partial charge on any atom is 0.256 e. The molecule has 122 valence electrons. The lowest BCUT2D eigenvalue weighted by Crippen LogP contribution is -2.51. The summed E-state index contributed by atoms with van der Waals surface area (Å²) in [7, 11) is 4.37. The molecular weight excluding hydrogens is 291 g/mol. The average Bonchev–Trinajstić information content (AvgIpc) is 2.56. The molecule has 0 bridgehead atoms. The van der Waals surface area contributed by atoms with Gasteiger partial charge in [-0.2, -0.15) is 0 Å². The zero-order chi connectivity index (χ0) is 16.2. The summed E-state index contributed by atoms with van der Waals surface area (Å²) in [5, 5.41) is 5.76. The van der Waals surface area contributed by atoms with E-state index in [1.807, 2.05) is 0 Å². The second kappa shape index (κ2) is 6.93. The Morgan fingerprint density at radius 1 is 1.18 bits per heavy atom. The van der Waals surface area contributed by atoms with Gasteiger partial charge in [0.05, 0.1) is 19.9 Å². The van der Waals surface area contributed by atoms with Crippen molar-refractivity contribution >= 4 is 11.6 Å². The Morgan fingerprint density at radius 2 is 1.77 bits per heavy atom. The highest BCUT2D eigenvalue weighted by Gasteiger charge is 2.40. The second-order valence-electron chi connectivity index (χ2n) is 5.09. The minimum absolute atomic E-state index is 0.0395. The lowest BCUT2D eigenvalue weighted by molar-refractivity contribution is -0.140. The predicted molar refractivity (Wildman–Crippen MR) is 80.0 cm³/mol. The van der Waals surface area contributed by atoms with Crippen LogP contribution in [0, 0.1) is 5.82 Å². The first-order valence-corrected chi connectivity index (χ1v) is 7.05. The molecule has 0 radical (unpaired) electrons. The van der Waals surface area contributed by atoms with Crippen molar-refractivity contribution in [3.63, 3.8) is 0 Å². The Morgan fingerprint density at radius 3 is 2.32 bits per heavy atom. The van der Waals surface area contributed by atoms with Crippen molar-refractivity contribution in [1.82, 2.24) is 5.32 Å². The molecule has 22 heavy (non-hydrogen) atoms. The molecule has 1 aromatic rings. The van der Waals surface area contributed by atoms with E-state index in [-0.39, 0.29) is 17.3 Å². The van der Waals surface area contributed by atoms with E-state index in [9.17, 15) is 9.18 Å². The molecule has 0 atom stereocenters. The van der Waals surface area contributed by atoms with Crippen molar-refractivity contribution in [2.45, 2.75) is 18.4 Å². The quantitative estimate of drug-likeness (QED) is 0.863. The highest BCUT2D eigenvalue weighted by atomic mass is 19.1. The van der Waals surface area contributed by atoms with Crippen molar-refractivity contribution in [1.29, 1.82) is 0 Å². The predicted octanol–water partition coefficient (Wildman–Crippen LogP) is 1.55. The van der Waals surface area contributed by atoms with Crippen molar-refractivity contribution in [3.8, 4) is 11.5 Å². The molecule has 1 aromatic carbocycles. The molecule has 0 unspecified atom stereocenters. The number of anilines is 1. The van der Waals surface area contributed by atoms with Crippen molar-refractivity contribution < 1.29 is 23.4 Å². The normalized spacial score (nSPS) is 16.9. The van der Waals surface area contributed by atoms with Gasteiger partial charge in [-0.25, -0.2) is 4.39 Å². The van der Waals surface area contributed by atoms with Gasteiger partial charge >= 0.3 is 0 Å². The molecule has 6 nitrogen and oxygen atoms in total. The lowest BCUT2D eigenvalue weighted by atomic mass is 9.91. The van der Waals surface area contributed by atoms with Crippen LogP contribution in [0.2, 0.25) is 0 Å². The Hall–Kier alpha value is -1.86. The fourth-order valence-corrected chi connectivity index (χ4v) is 2.54. The van der Waals surface area contributed by atoms with Gasteiger partial charge in [0.1, 0.15) is 5.60 Å². The van der Waals surface area contributed by atoms with Gasteiger partial charge in [0.2, 0.25) is 0 Å². The minimum Gasteiger partial charge on any atom is -0.493 e. The van der Waals surface area contributed by atoms with Gasteiger partial charge in [-0.15, -0.1) is 0 Å². The largest absolute Gasteiger partial charge is 0.493 e. The smallest absolute Gasteiger partial charge is 0.256 e. The van der Waals surface area contributed by atoms with Gasteiger partial charge in [0.15, 0.2) is 17.3 Å². The van der Waals surface area contributed by atoms with E-state index >= 15 is 0 Å². The Balaban J connectivity index is 2.24. The number of methoxy groups -OCH3 is 3. The molecule has 2 rings (SSSR count). The summed E-state index contributed by atoms with van der Waals surface area (Å²) in [4.78, 5) is 12.5. The topological polar surface area (TPSA) is 68.8 Å². The molecule has 1 aliphatic rings. The SMILES string of the molecule is COc1cc(F)c(NC(=O)C2(OC)CCNCC2)cc1OC. The number of ether oxygens (including phenoxy) is 3. The molecular formula is C15H21FN2O4.